The van der Waals surface area contributed by atoms with E-state index in [1.807, 2.05) is 0 Å². The molecule has 4 heterocycles. The van der Waals surface area contributed by atoms with Gasteiger partial charge in [-0.05, 0) is 69.8 Å². The Bertz CT molecular complexity index is 1730. The number of aliphatic hydroxyl groups excluding tert-OH is 1. The van der Waals surface area contributed by atoms with Crippen molar-refractivity contribution >= 4 is 43.4 Å². The highest BCUT2D eigenvalue weighted by Crippen LogP contribution is 2.47. The second kappa shape index (κ2) is 10.1. The topological polar surface area (TPSA) is 101 Å². The number of hydrogen-bond acceptors (Lipinski definition) is 9. The highest BCUT2D eigenvalue weighted by molar-refractivity contribution is 7.22. The molecule has 1 aliphatic carbocycles. The Kier molecular flexibility index (Phi) is 6.67. The Morgan fingerprint density at radius 2 is 1.84 bits per heavy atom. The second-order valence-corrected chi connectivity index (χ2v) is 12.8. The Morgan fingerprint density at radius 1 is 1.12 bits per heavy atom. The number of nitrogens with two attached hydrogens (primary N) is 1. The molecule has 4 aromatic rings. The molecule has 0 radical (unpaired) electrons. The standard InChI is InChI=1S/C29H29F5N6O2S/c1-39(14-10-15(41)11-14)25-17-12-18(29(32,33)34)20(16-4-5-19(30)24-23(16)36-26(35)43-24)21(31)22(17)37-27(38-25)42-13-28-6-2-8-40(28)9-3-7-28/h4-5,12,14-15,41H,2-3,6-11,13H2,1H3,(H2,35,36). The lowest BCUT2D eigenvalue weighted by atomic mass is 9.88. The van der Waals surface area contributed by atoms with E-state index in [4.69, 9.17) is 10.5 Å². The van der Waals surface area contributed by atoms with Crippen molar-refractivity contribution in [3.05, 3.63) is 35.4 Å². The van der Waals surface area contributed by atoms with Gasteiger partial charge in [0.05, 0.1) is 27.4 Å². The number of rotatable bonds is 6. The van der Waals surface area contributed by atoms with Crippen LogP contribution in [0.5, 0.6) is 6.01 Å². The van der Waals surface area contributed by atoms with Crippen LogP contribution < -0.4 is 15.4 Å². The number of anilines is 2. The van der Waals surface area contributed by atoms with Crippen molar-refractivity contribution in [2.24, 2.45) is 0 Å². The van der Waals surface area contributed by atoms with Gasteiger partial charge < -0.3 is 20.5 Å². The van der Waals surface area contributed by atoms with E-state index in [0.29, 0.717) is 12.8 Å². The smallest absolute Gasteiger partial charge is 0.417 e. The molecular formula is C29H29F5N6O2S. The fraction of sp³-hybridized carbons (Fsp3) is 0.483. The Morgan fingerprint density at radius 3 is 2.51 bits per heavy atom. The van der Waals surface area contributed by atoms with E-state index in [2.05, 4.69) is 19.9 Å². The number of fused-ring (bicyclic) bond motifs is 3. The van der Waals surface area contributed by atoms with Crippen LogP contribution in [-0.2, 0) is 6.18 Å². The van der Waals surface area contributed by atoms with Crippen molar-refractivity contribution in [3.8, 4) is 17.1 Å². The summed E-state index contributed by atoms with van der Waals surface area (Å²) in [5.74, 6) is -1.90. The molecule has 2 aromatic carbocycles. The first-order valence-corrected chi connectivity index (χ1v) is 15.0. The fourth-order valence-electron chi connectivity index (χ4n) is 6.91. The molecule has 0 bridgehead atoms. The van der Waals surface area contributed by atoms with Crippen LogP contribution in [0.25, 0.3) is 32.2 Å². The molecule has 43 heavy (non-hydrogen) atoms. The molecule has 3 N–H and O–H groups in total. The summed E-state index contributed by atoms with van der Waals surface area (Å²) >= 11 is 0.768. The fourth-order valence-corrected chi connectivity index (χ4v) is 7.68. The molecule has 2 aliphatic heterocycles. The largest absolute Gasteiger partial charge is 0.461 e. The van der Waals surface area contributed by atoms with Gasteiger partial charge in [0.2, 0.25) is 0 Å². The Hall–Kier alpha value is -3.36. The predicted octanol–water partition coefficient (Wildman–Crippen LogP) is 5.75. The number of halogens is 5. The third-order valence-corrected chi connectivity index (χ3v) is 10.1. The molecular weight excluding hydrogens is 591 g/mol. The summed E-state index contributed by atoms with van der Waals surface area (Å²) < 4.78 is 81.2. The number of hydrogen-bond donors (Lipinski definition) is 2. The van der Waals surface area contributed by atoms with Crippen LogP contribution in [0.1, 0.15) is 44.1 Å². The minimum atomic E-state index is -4.99. The van der Waals surface area contributed by atoms with Gasteiger partial charge >= 0.3 is 12.2 Å². The summed E-state index contributed by atoms with van der Waals surface area (Å²) in [5, 5.41) is 9.69. The van der Waals surface area contributed by atoms with Crippen molar-refractivity contribution in [1.29, 1.82) is 0 Å². The Balaban J connectivity index is 1.43. The van der Waals surface area contributed by atoms with Crippen molar-refractivity contribution < 1.29 is 31.8 Å². The first-order chi connectivity index (χ1) is 20.4. The first kappa shape index (κ1) is 28.4. The normalized spacial score (nSPS) is 21.8. The molecule has 0 atom stereocenters. The van der Waals surface area contributed by atoms with E-state index in [9.17, 15) is 22.7 Å². The molecule has 2 aromatic heterocycles. The SMILES string of the molecule is CN(c1nc(OCC23CCCN2CCC3)nc2c(F)c(-c3ccc(F)c4sc(N)nc34)c(C(F)(F)F)cc12)C1CC(O)C1. The van der Waals surface area contributed by atoms with Gasteiger partial charge in [0.15, 0.2) is 10.9 Å². The number of benzene rings is 2. The lowest BCUT2D eigenvalue weighted by Gasteiger charge is -2.39. The van der Waals surface area contributed by atoms with E-state index in [1.165, 1.54) is 0 Å². The van der Waals surface area contributed by atoms with Crippen LogP contribution >= 0.6 is 11.3 Å². The summed E-state index contributed by atoms with van der Waals surface area (Å²) in [7, 11) is 1.65. The number of aliphatic hydroxyl groups is 1. The van der Waals surface area contributed by atoms with Gasteiger partial charge in [-0.1, -0.05) is 11.3 Å². The lowest BCUT2D eigenvalue weighted by Crippen LogP contribution is -2.46. The summed E-state index contributed by atoms with van der Waals surface area (Å²) in [6.07, 6.45) is -0.791. The molecule has 0 unspecified atom stereocenters. The number of thiazole rings is 1. The van der Waals surface area contributed by atoms with Gasteiger partial charge in [-0.25, -0.2) is 13.8 Å². The van der Waals surface area contributed by atoms with E-state index < -0.39 is 35.0 Å². The number of alkyl halides is 3. The molecule has 7 rings (SSSR count). The summed E-state index contributed by atoms with van der Waals surface area (Å²) in [6.45, 7) is 2.20. The van der Waals surface area contributed by atoms with Crippen molar-refractivity contribution in [1.82, 2.24) is 19.9 Å². The molecule has 228 valence electrons. The average molecular weight is 621 g/mol. The molecule has 3 fully saturated rings. The molecule has 2 saturated heterocycles. The molecule has 0 amide bonds. The predicted molar refractivity (Wildman–Crippen MR) is 153 cm³/mol. The van der Waals surface area contributed by atoms with Gasteiger partial charge in [0, 0.05) is 29.6 Å². The molecule has 0 spiro atoms. The van der Waals surface area contributed by atoms with Crippen LogP contribution in [0.15, 0.2) is 18.2 Å². The Labute approximate surface area is 247 Å². The van der Waals surface area contributed by atoms with Crippen LogP contribution in [-0.4, -0.2) is 69.4 Å². The average Bonchev–Trinajstić information content (AvgIpc) is 3.64. The number of ether oxygens (including phenoxy) is 1. The lowest BCUT2D eigenvalue weighted by molar-refractivity contribution is -0.137. The third kappa shape index (κ3) is 4.65. The highest BCUT2D eigenvalue weighted by atomic mass is 32.1. The first-order valence-electron chi connectivity index (χ1n) is 14.2. The van der Waals surface area contributed by atoms with Gasteiger partial charge in [-0.3, -0.25) is 4.90 Å². The molecule has 8 nitrogen and oxygen atoms in total. The van der Waals surface area contributed by atoms with Crippen LogP contribution in [0.2, 0.25) is 0 Å². The van der Waals surface area contributed by atoms with Crippen molar-refractivity contribution in [2.45, 2.75) is 62.4 Å². The van der Waals surface area contributed by atoms with E-state index in [0.717, 1.165) is 68.3 Å². The van der Waals surface area contributed by atoms with Crippen LogP contribution in [0.3, 0.4) is 0 Å². The zero-order valence-electron chi connectivity index (χ0n) is 23.2. The number of nitrogen functional groups attached to an aromatic ring is 1. The van der Waals surface area contributed by atoms with E-state index >= 15 is 4.39 Å². The third-order valence-electron chi connectivity index (χ3n) is 9.23. The minimum absolute atomic E-state index is 0.0621. The maximum atomic E-state index is 16.7. The molecule has 1 saturated carbocycles. The van der Waals surface area contributed by atoms with Gasteiger partial charge in [0.25, 0.3) is 0 Å². The summed E-state index contributed by atoms with van der Waals surface area (Å²) in [4.78, 5) is 16.9. The minimum Gasteiger partial charge on any atom is -0.461 e. The monoisotopic (exact) mass is 620 g/mol. The van der Waals surface area contributed by atoms with Gasteiger partial charge in [-0.2, -0.15) is 23.1 Å². The number of nitrogens with zero attached hydrogens (tertiary/aromatic N) is 5. The summed E-state index contributed by atoms with van der Waals surface area (Å²) in [6, 6.07) is 2.52. The molecule has 3 aliphatic rings. The summed E-state index contributed by atoms with van der Waals surface area (Å²) in [5.41, 5.74) is 2.75. The maximum absolute atomic E-state index is 16.7. The van der Waals surface area contributed by atoms with Crippen LogP contribution in [0, 0.1) is 11.6 Å². The quantitative estimate of drug-likeness (QED) is 0.263. The second-order valence-electron chi connectivity index (χ2n) is 11.8. The number of aromatic nitrogens is 3. The zero-order chi connectivity index (χ0) is 30.3. The zero-order valence-corrected chi connectivity index (χ0v) is 24.0. The van der Waals surface area contributed by atoms with Gasteiger partial charge in [0.1, 0.15) is 23.8 Å². The van der Waals surface area contributed by atoms with E-state index in [1.54, 1.807) is 11.9 Å². The molecule has 14 heteroatoms. The van der Waals surface area contributed by atoms with Crippen LogP contribution in [0.4, 0.5) is 32.9 Å². The highest BCUT2D eigenvalue weighted by Gasteiger charge is 2.45. The van der Waals surface area contributed by atoms with Gasteiger partial charge in [-0.15, -0.1) is 0 Å². The van der Waals surface area contributed by atoms with Crippen molar-refractivity contribution in [3.63, 3.8) is 0 Å². The van der Waals surface area contributed by atoms with E-state index in [-0.39, 0.29) is 61.8 Å². The van der Waals surface area contributed by atoms with Crippen molar-refractivity contribution in [2.75, 3.05) is 37.4 Å². The maximum Gasteiger partial charge on any atom is 0.417 e.